The molecule has 1 aromatic rings. The van der Waals surface area contributed by atoms with Crippen molar-refractivity contribution in [2.75, 3.05) is 0 Å². The van der Waals surface area contributed by atoms with E-state index >= 15 is 0 Å². The van der Waals surface area contributed by atoms with Gasteiger partial charge in [-0.3, -0.25) is 24.2 Å². The summed E-state index contributed by atoms with van der Waals surface area (Å²) in [6.07, 6.45) is 1.44. The lowest BCUT2D eigenvalue weighted by Gasteiger charge is -2.24. The van der Waals surface area contributed by atoms with Crippen LogP contribution < -0.4 is 0 Å². The van der Waals surface area contributed by atoms with Crippen LogP contribution in [0.15, 0.2) is 18.5 Å². The molecule has 21 heavy (non-hydrogen) atoms. The maximum absolute atomic E-state index is 12.5. The predicted octanol–water partition coefficient (Wildman–Crippen LogP) is 1.10. The van der Waals surface area contributed by atoms with Gasteiger partial charge in [0.1, 0.15) is 0 Å². The van der Waals surface area contributed by atoms with E-state index in [0.717, 1.165) is 13.1 Å². The summed E-state index contributed by atoms with van der Waals surface area (Å²) >= 11 is 0. The quantitative estimate of drug-likeness (QED) is 0.570. The molecular formula is C14H15NO6. The standard InChI is InChI=1S/C14H15NO6/c1-8-5-10(7-15-6-8)12(19)14(9(2)16,13(20)21)4-3-11(17)18/h5-7H,3-4H2,1-2H3,(H,17,18)(H,20,21). The number of carbonyl (C=O) groups excluding carboxylic acids is 2. The number of rotatable bonds is 7. The third-order valence-corrected chi connectivity index (χ3v) is 3.20. The fourth-order valence-corrected chi connectivity index (χ4v) is 2.02. The molecular weight excluding hydrogens is 278 g/mol. The van der Waals surface area contributed by atoms with Crippen molar-refractivity contribution in [1.82, 2.24) is 4.98 Å². The molecule has 0 aliphatic heterocycles. The normalized spacial score (nSPS) is 13.2. The number of nitrogens with zero attached hydrogens (tertiary/aromatic N) is 1. The van der Waals surface area contributed by atoms with Gasteiger partial charge in [-0.1, -0.05) is 0 Å². The number of aryl methyl sites for hydroxylation is 1. The van der Waals surface area contributed by atoms with Crippen LogP contribution in [0.5, 0.6) is 0 Å². The summed E-state index contributed by atoms with van der Waals surface area (Å²) in [7, 11) is 0. The van der Waals surface area contributed by atoms with E-state index in [9.17, 15) is 24.3 Å². The van der Waals surface area contributed by atoms with Crippen LogP contribution in [0.1, 0.15) is 35.7 Å². The fourth-order valence-electron chi connectivity index (χ4n) is 2.02. The van der Waals surface area contributed by atoms with Crippen LogP contribution in [0, 0.1) is 12.3 Å². The lowest BCUT2D eigenvalue weighted by molar-refractivity contribution is -0.151. The number of carbonyl (C=O) groups is 4. The maximum Gasteiger partial charge on any atom is 0.325 e. The molecule has 0 saturated carbocycles. The van der Waals surface area contributed by atoms with Gasteiger partial charge in [0.05, 0.1) is 0 Å². The number of hydrogen-bond acceptors (Lipinski definition) is 5. The number of aromatic nitrogens is 1. The first-order valence-electron chi connectivity index (χ1n) is 6.14. The van der Waals surface area contributed by atoms with Crippen LogP contribution in [0.4, 0.5) is 0 Å². The van der Waals surface area contributed by atoms with Crippen molar-refractivity contribution in [1.29, 1.82) is 0 Å². The Morgan fingerprint density at radius 1 is 1.19 bits per heavy atom. The monoisotopic (exact) mass is 293 g/mol. The van der Waals surface area contributed by atoms with Crippen molar-refractivity contribution in [2.45, 2.75) is 26.7 Å². The van der Waals surface area contributed by atoms with E-state index in [-0.39, 0.29) is 5.56 Å². The number of pyridine rings is 1. The van der Waals surface area contributed by atoms with Crippen LogP contribution in [-0.2, 0) is 14.4 Å². The molecule has 1 unspecified atom stereocenters. The van der Waals surface area contributed by atoms with Crippen molar-refractivity contribution in [3.8, 4) is 0 Å². The van der Waals surface area contributed by atoms with Gasteiger partial charge in [0, 0.05) is 24.4 Å². The Balaban J connectivity index is 3.34. The van der Waals surface area contributed by atoms with Crippen LogP contribution in [-0.4, -0.2) is 38.7 Å². The predicted molar refractivity (Wildman–Crippen MR) is 70.9 cm³/mol. The molecule has 7 heteroatoms. The van der Waals surface area contributed by atoms with Gasteiger partial charge in [0.25, 0.3) is 0 Å². The lowest BCUT2D eigenvalue weighted by Crippen LogP contribution is -2.45. The highest BCUT2D eigenvalue weighted by Crippen LogP contribution is 2.31. The molecule has 0 bridgehead atoms. The van der Waals surface area contributed by atoms with E-state index in [1.54, 1.807) is 6.92 Å². The topological polar surface area (TPSA) is 122 Å². The molecule has 0 spiro atoms. The largest absolute Gasteiger partial charge is 0.481 e. The second-order valence-electron chi connectivity index (χ2n) is 4.74. The molecule has 0 saturated heterocycles. The molecule has 112 valence electrons. The first kappa shape index (κ1) is 16.5. The summed E-state index contributed by atoms with van der Waals surface area (Å²) in [5, 5.41) is 18.1. The lowest BCUT2D eigenvalue weighted by atomic mass is 9.73. The van der Waals surface area contributed by atoms with Crippen molar-refractivity contribution in [3.05, 3.63) is 29.6 Å². The molecule has 0 aliphatic rings. The average molecular weight is 293 g/mol. The zero-order chi connectivity index (χ0) is 16.2. The zero-order valence-corrected chi connectivity index (χ0v) is 11.6. The summed E-state index contributed by atoms with van der Waals surface area (Å²) < 4.78 is 0. The molecule has 1 atom stereocenters. The first-order chi connectivity index (χ1) is 9.71. The highest BCUT2D eigenvalue weighted by molar-refractivity contribution is 6.26. The molecule has 2 N–H and O–H groups in total. The Morgan fingerprint density at radius 3 is 2.24 bits per heavy atom. The van der Waals surface area contributed by atoms with Crippen LogP contribution in [0.2, 0.25) is 0 Å². The Kier molecular flexibility index (Phi) is 4.91. The summed E-state index contributed by atoms with van der Waals surface area (Å²) in [5.41, 5.74) is -1.80. The number of carboxylic acid groups (broad SMARTS) is 2. The van der Waals surface area contributed by atoms with Crippen LogP contribution in [0.25, 0.3) is 0 Å². The summed E-state index contributed by atoms with van der Waals surface area (Å²) in [6.45, 7) is 2.63. The van der Waals surface area contributed by atoms with Gasteiger partial charge < -0.3 is 10.2 Å². The minimum Gasteiger partial charge on any atom is -0.481 e. The van der Waals surface area contributed by atoms with E-state index < -0.39 is 41.8 Å². The van der Waals surface area contributed by atoms with Gasteiger partial charge in [-0.05, 0) is 31.9 Å². The van der Waals surface area contributed by atoms with E-state index in [1.165, 1.54) is 12.3 Å². The van der Waals surface area contributed by atoms with E-state index in [4.69, 9.17) is 5.11 Å². The third kappa shape index (κ3) is 3.31. The van der Waals surface area contributed by atoms with Gasteiger partial charge >= 0.3 is 11.9 Å². The van der Waals surface area contributed by atoms with Crippen molar-refractivity contribution < 1.29 is 29.4 Å². The number of ketones is 2. The third-order valence-electron chi connectivity index (χ3n) is 3.20. The Hall–Kier alpha value is -2.57. The fraction of sp³-hybridized carbons (Fsp3) is 0.357. The molecule has 0 amide bonds. The molecule has 0 fully saturated rings. The van der Waals surface area contributed by atoms with Crippen molar-refractivity contribution in [3.63, 3.8) is 0 Å². The van der Waals surface area contributed by atoms with E-state index in [1.807, 2.05) is 0 Å². The van der Waals surface area contributed by atoms with E-state index in [0.29, 0.717) is 5.56 Å². The van der Waals surface area contributed by atoms with Gasteiger partial charge in [-0.15, -0.1) is 0 Å². The summed E-state index contributed by atoms with van der Waals surface area (Å²) in [5.74, 6) is -4.78. The molecule has 0 aliphatic carbocycles. The van der Waals surface area contributed by atoms with Gasteiger partial charge in [-0.2, -0.15) is 0 Å². The van der Waals surface area contributed by atoms with Crippen LogP contribution in [0.3, 0.4) is 0 Å². The average Bonchev–Trinajstić information content (AvgIpc) is 2.38. The van der Waals surface area contributed by atoms with Gasteiger partial charge in [0.2, 0.25) is 0 Å². The van der Waals surface area contributed by atoms with E-state index in [2.05, 4.69) is 4.98 Å². The zero-order valence-electron chi connectivity index (χ0n) is 11.6. The number of aliphatic carboxylic acids is 2. The minimum atomic E-state index is -2.39. The summed E-state index contributed by atoms with van der Waals surface area (Å²) in [6, 6.07) is 1.41. The Morgan fingerprint density at radius 2 is 1.81 bits per heavy atom. The van der Waals surface area contributed by atoms with Crippen LogP contribution >= 0.6 is 0 Å². The minimum absolute atomic E-state index is 0.0296. The summed E-state index contributed by atoms with van der Waals surface area (Å²) in [4.78, 5) is 50.3. The van der Waals surface area contributed by atoms with Gasteiger partial charge in [-0.25, -0.2) is 0 Å². The Bertz CT molecular complexity index is 593. The molecule has 0 aromatic carbocycles. The molecule has 7 nitrogen and oxygen atoms in total. The highest BCUT2D eigenvalue weighted by atomic mass is 16.4. The highest BCUT2D eigenvalue weighted by Gasteiger charge is 2.51. The number of hydrogen-bond donors (Lipinski definition) is 2. The Labute approximate surface area is 120 Å². The molecule has 1 rings (SSSR count). The van der Waals surface area contributed by atoms with Crippen molar-refractivity contribution in [2.24, 2.45) is 5.41 Å². The second kappa shape index (κ2) is 6.25. The number of Topliss-reactive ketones (excluding diaryl/α,β-unsaturated/α-hetero) is 2. The van der Waals surface area contributed by atoms with Crippen molar-refractivity contribution >= 4 is 23.5 Å². The maximum atomic E-state index is 12.5. The first-order valence-corrected chi connectivity index (χ1v) is 6.14. The SMILES string of the molecule is CC(=O)C(CCC(=O)O)(C(=O)O)C(=O)c1cncc(C)c1. The number of carboxylic acids is 2. The smallest absolute Gasteiger partial charge is 0.325 e. The molecule has 1 heterocycles. The molecule has 1 aromatic heterocycles. The van der Waals surface area contributed by atoms with Gasteiger partial charge in [0.15, 0.2) is 17.0 Å². The second-order valence-corrected chi connectivity index (χ2v) is 4.74. The molecule has 0 radical (unpaired) electrons.